The van der Waals surface area contributed by atoms with Crippen LogP contribution in [0.2, 0.25) is 0 Å². The lowest BCUT2D eigenvalue weighted by Gasteiger charge is -2.07. The molecule has 0 saturated carbocycles. The van der Waals surface area contributed by atoms with E-state index >= 15 is 0 Å². The maximum Gasteiger partial charge on any atom is 0.186 e. The van der Waals surface area contributed by atoms with Gasteiger partial charge in [0.15, 0.2) is 5.78 Å². The maximum atomic E-state index is 10.4. The molecule has 0 spiro atoms. The number of hydrogen-bond acceptors (Lipinski definition) is 3. The van der Waals surface area contributed by atoms with Crippen LogP contribution in [0.25, 0.3) is 0 Å². The standard InChI is InChI=1S/C6H9O3/c1-3-5(8)6(9)4(2)7/h3-4,6-7,9H,1-2H2. The molecule has 0 aromatic carbocycles. The highest BCUT2D eigenvalue weighted by atomic mass is 16.3. The largest absolute Gasteiger partial charge is 0.390 e. The van der Waals surface area contributed by atoms with Crippen molar-refractivity contribution in [3.8, 4) is 0 Å². The number of aliphatic hydroxyl groups is 2. The van der Waals surface area contributed by atoms with Gasteiger partial charge in [-0.3, -0.25) is 4.79 Å². The molecule has 0 rings (SSSR count). The van der Waals surface area contributed by atoms with Crippen molar-refractivity contribution in [1.82, 2.24) is 0 Å². The Labute approximate surface area is 53.6 Å². The summed E-state index contributed by atoms with van der Waals surface area (Å²) in [6, 6.07) is 0. The lowest BCUT2D eigenvalue weighted by molar-refractivity contribution is -0.126. The fraction of sp³-hybridized carbons (Fsp3) is 0.333. The SMILES string of the molecule is [CH2]C(O)C(O)C(=O)C=C. The summed E-state index contributed by atoms with van der Waals surface area (Å²) in [6.07, 6.45) is -1.75. The average molecular weight is 129 g/mol. The Morgan fingerprint density at radius 2 is 2.00 bits per heavy atom. The van der Waals surface area contributed by atoms with Crippen molar-refractivity contribution in [2.24, 2.45) is 0 Å². The average Bonchev–Trinajstić information content (AvgIpc) is 1.84. The summed E-state index contributed by atoms with van der Waals surface area (Å²) in [7, 11) is 0. The van der Waals surface area contributed by atoms with E-state index in [1.54, 1.807) is 0 Å². The van der Waals surface area contributed by atoms with Crippen LogP contribution >= 0.6 is 0 Å². The normalized spacial score (nSPS) is 16.3. The third-order valence-electron chi connectivity index (χ3n) is 0.857. The van der Waals surface area contributed by atoms with E-state index in [9.17, 15) is 4.79 Å². The van der Waals surface area contributed by atoms with E-state index in [1.165, 1.54) is 0 Å². The molecule has 0 fully saturated rings. The lowest BCUT2D eigenvalue weighted by Crippen LogP contribution is -2.30. The van der Waals surface area contributed by atoms with Gasteiger partial charge in [-0.1, -0.05) is 6.58 Å². The first-order valence-corrected chi connectivity index (χ1v) is 2.45. The van der Waals surface area contributed by atoms with Crippen molar-refractivity contribution in [3.63, 3.8) is 0 Å². The molecule has 9 heavy (non-hydrogen) atoms. The minimum Gasteiger partial charge on any atom is -0.390 e. The van der Waals surface area contributed by atoms with E-state index < -0.39 is 18.0 Å². The predicted octanol–water partition coefficient (Wildman–Crippen LogP) is -0.703. The van der Waals surface area contributed by atoms with Gasteiger partial charge in [0.2, 0.25) is 0 Å². The van der Waals surface area contributed by atoms with E-state index in [0.717, 1.165) is 6.08 Å². The molecular formula is C6H9O3. The summed E-state index contributed by atoms with van der Waals surface area (Å²) in [4.78, 5) is 10.4. The van der Waals surface area contributed by atoms with Crippen LogP contribution in [-0.2, 0) is 4.79 Å². The number of ketones is 1. The number of rotatable bonds is 3. The molecular weight excluding hydrogens is 120 g/mol. The molecule has 0 bridgehead atoms. The van der Waals surface area contributed by atoms with Crippen LogP contribution in [0.5, 0.6) is 0 Å². The molecule has 0 aliphatic carbocycles. The Bertz CT molecular complexity index is 117. The Balaban J connectivity index is 3.87. The molecule has 0 aliphatic heterocycles. The second-order valence-corrected chi connectivity index (χ2v) is 1.62. The monoisotopic (exact) mass is 129 g/mol. The number of aliphatic hydroxyl groups excluding tert-OH is 2. The highest BCUT2D eigenvalue weighted by molar-refractivity contribution is 5.93. The van der Waals surface area contributed by atoms with E-state index in [2.05, 4.69) is 13.5 Å². The molecule has 2 N–H and O–H groups in total. The van der Waals surface area contributed by atoms with E-state index in [-0.39, 0.29) is 0 Å². The van der Waals surface area contributed by atoms with Gasteiger partial charge in [-0.2, -0.15) is 0 Å². The van der Waals surface area contributed by atoms with Gasteiger partial charge in [0.1, 0.15) is 6.10 Å². The van der Waals surface area contributed by atoms with E-state index in [0.29, 0.717) is 0 Å². The van der Waals surface area contributed by atoms with Gasteiger partial charge in [0.05, 0.1) is 6.10 Å². The van der Waals surface area contributed by atoms with Crippen molar-refractivity contribution < 1.29 is 15.0 Å². The summed E-state index contributed by atoms with van der Waals surface area (Å²) in [6.45, 7) is 6.16. The summed E-state index contributed by atoms with van der Waals surface area (Å²) in [5.41, 5.74) is 0. The van der Waals surface area contributed by atoms with Crippen LogP contribution < -0.4 is 0 Å². The second-order valence-electron chi connectivity index (χ2n) is 1.62. The molecule has 3 heteroatoms. The van der Waals surface area contributed by atoms with Crippen LogP contribution in [0.1, 0.15) is 0 Å². The summed E-state index contributed by atoms with van der Waals surface area (Å²) in [5.74, 6) is -0.613. The molecule has 1 radical (unpaired) electrons. The van der Waals surface area contributed by atoms with Crippen LogP contribution in [0, 0.1) is 6.92 Å². The first-order chi connectivity index (χ1) is 4.09. The van der Waals surface area contributed by atoms with Crippen molar-refractivity contribution >= 4 is 5.78 Å². The quantitative estimate of drug-likeness (QED) is 0.495. The Morgan fingerprint density at radius 3 is 2.11 bits per heavy atom. The molecule has 0 saturated heterocycles. The van der Waals surface area contributed by atoms with Crippen molar-refractivity contribution in [1.29, 1.82) is 0 Å². The first-order valence-electron chi connectivity index (χ1n) is 2.45. The van der Waals surface area contributed by atoms with Gasteiger partial charge >= 0.3 is 0 Å². The molecule has 0 heterocycles. The van der Waals surface area contributed by atoms with Crippen LogP contribution in [0.3, 0.4) is 0 Å². The van der Waals surface area contributed by atoms with Gasteiger partial charge in [-0.15, -0.1) is 0 Å². The molecule has 0 amide bonds. The van der Waals surface area contributed by atoms with Crippen molar-refractivity contribution in [2.75, 3.05) is 0 Å². The molecule has 2 atom stereocenters. The first kappa shape index (κ1) is 8.33. The zero-order valence-corrected chi connectivity index (χ0v) is 4.95. The smallest absolute Gasteiger partial charge is 0.186 e. The minimum atomic E-state index is -1.43. The molecule has 2 unspecified atom stereocenters. The molecule has 3 nitrogen and oxygen atoms in total. The third kappa shape index (κ3) is 2.39. The zero-order valence-electron chi connectivity index (χ0n) is 4.95. The van der Waals surface area contributed by atoms with Gasteiger partial charge in [-0.25, -0.2) is 0 Å². The molecule has 0 aromatic rings. The lowest BCUT2D eigenvalue weighted by atomic mass is 10.1. The number of carbonyl (C=O) groups is 1. The van der Waals surface area contributed by atoms with Gasteiger partial charge in [0.25, 0.3) is 0 Å². The summed E-state index contributed by atoms with van der Waals surface area (Å²) >= 11 is 0. The highest BCUT2D eigenvalue weighted by Gasteiger charge is 2.16. The Morgan fingerprint density at radius 1 is 1.56 bits per heavy atom. The molecule has 0 aliphatic rings. The van der Waals surface area contributed by atoms with E-state index in [4.69, 9.17) is 10.2 Å². The second kappa shape index (κ2) is 3.37. The zero-order chi connectivity index (χ0) is 7.44. The van der Waals surface area contributed by atoms with Crippen LogP contribution in [0.15, 0.2) is 12.7 Å². The predicted molar refractivity (Wildman–Crippen MR) is 32.6 cm³/mol. The van der Waals surface area contributed by atoms with Crippen molar-refractivity contribution in [2.45, 2.75) is 12.2 Å². The number of hydrogen-bond donors (Lipinski definition) is 2. The topological polar surface area (TPSA) is 57.5 Å². The van der Waals surface area contributed by atoms with Crippen molar-refractivity contribution in [3.05, 3.63) is 19.6 Å². The van der Waals surface area contributed by atoms with E-state index in [1.807, 2.05) is 0 Å². The maximum absolute atomic E-state index is 10.4. The minimum absolute atomic E-state index is 0.613. The van der Waals surface area contributed by atoms with Crippen LogP contribution in [-0.4, -0.2) is 28.2 Å². The molecule has 51 valence electrons. The summed E-state index contributed by atoms with van der Waals surface area (Å²) in [5, 5.41) is 17.2. The highest BCUT2D eigenvalue weighted by Crippen LogP contribution is 1.92. The summed E-state index contributed by atoms with van der Waals surface area (Å²) < 4.78 is 0. The Hall–Kier alpha value is -0.670. The van der Waals surface area contributed by atoms with Crippen LogP contribution in [0.4, 0.5) is 0 Å². The van der Waals surface area contributed by atoms with Gasteiger partial charge in [0, 0.05) is 0 Å². The van der Waals surface area contributed by atoms with Gasteiger partial charge < -0.3 is 10.2 Å². The fourth-order valence-corrected chi connectivity index (χ4v) is 0.310. The molecule has 0 aromatic heterocycles. The fourth-order valence-electron chi connectivity index (χ4n) is 0.310. The Kier molecular flexibility index (Phi) is 3.12. The van der Waals surface area contributed by atoms with Gasteiger partial charge in [-0.05, 0) is 13.0 Å². The third-order valence-corrected chi connectivity index (χ3v) is 0.857. The number of carbonyl (C=O) groups excluding carboxylic acids is 1.